The molecule has 1 aliphatic heterocycles. The van der Waals surface area contributed by atoms with Crippen molar-refractivity contribution in [2.45, 2.75) is 18.9 Å². The number of aromatic nitrogens is 1. The van der Waals surface area contributed by atoms with Crippen molar-refractivity contribution >= 4 is 23.1 Å². The molecule has 0 N–H and O–H groups in total. The Labute approximate surface area is 211 Å². The SMILES string of the molecule is COc1ccc(/C=c2/sc3n(c2=O)[C@H](c2cccc(F)c2)C2=C(N=3)c3ccccc3CC2)cc1OC. The van der Waals surface area contributed by atoms with Crippen LogP contribution in [0.25, 0.3) is 11.8 Å². The predicted molar refractivity (Wildman–Crippen MR) is 139 cm³/mol. The van der Waals surface area contributed by atoms with E-state index in [1.165, 1.54) is 29.0 Å². The summed E-state index contributed by atoms with van der Waals surface area (Å²) in [7, 11) is 3.17. The number of nitrogens with zero attached hydrogens (tertiary/aromatic N) is 2. The standard InChI is InChI=1S/C29H23FN2O3S/c1-34-23-13-10-17(14-24(23)35-2)15-25-28(33)32-27(19-7-5-8-20(30)16-19)22-12-11-18-6-3-4-9-21(18)26(22)31-29(32)36-25/h3-10,13-16,27H,11-12H2,1-2H3/b25-15+/t27-/m1/s1. The van der Waals surface area contributed by atoms with Gasteiger partial charge in [-0.1, -0.05) is 53.8 Å². The first-order chi connectivity index (χ1) is 17.6. The van der Waals surface area contributed by atoms with Crippen LogP contribution in [0.5, 0.6) is 11.5 Å². The molecule has 0 amide bonds. The molecule has 3 aromatic carbocycles. The molecule has 0 saturated carbocycles. The summed E-state index contributed by atoms with van der Waals surface area (Å²) < 4.78 is 27.4. The van der Waals surface area contributed by atoms with Crippen LogP contribution in [0.3, 0.4) is 0 Å². The van der Waals surface area contributed by atoms with Crippen molar-refractivity contribution in [1.82, 2.24) is 4.57 Å². The lowest BCUT2D eigenvalue weighted by Crippen LogP contribution is -2.38. The smallest absolute Gasteiger partial charge is 0.271 e. The molecule has 0 fully saturated rings. The first-order valence-corrected chi connectivity index (χ1v) is 12.5. The van der Waals surface area contributed by atoms with Gasteiger partial charge in [0, 0.05) is 5.56 Å². The summed E-state index contributed by atoms with van der Waals surface area (Å²) in [6, 6.07) is 19.9. The number of methoxy groups -OCH3 is 2. The molecule has 2 aliphatic rings. The summed E-state index contributed by atoms with van der Waals surface area (Å²) in [5, 5.41) is 0. The Morgan fingerprint density at radius 1 is 1.00 bits per heavy atom. The number of hydrogen-bond donors (Lipinski definition) is 0. The van der Waals surface area contributed by atoms with Crippen LogP contribution in [-0.4, -0.2) is 18.8 Å². The summed E-state index contributed by atoms with van der Waals surface area (Å²) in [5.74, 6) is 0.882. The Balaban J connectivity index is 1.59. The summed E-state index contributed by atoms with van der Waals surface area (Å²) in [5.41, 5.74) is 5.67. The van der Waals surface area contributed by atoms with Crippen LogP contribution >= 0.6 is 11.3 Å². The number of rotatable bonds is 4. The van der Waals surface area contributed by atoms with Crippen LogP contribution in [0, 0.1) is 5.82 Å². The molecule has 36 heavy (non-hydrogen) atoms. The highest BCUT2D eigenvalue weighted by molar-refractivity contribution is 7.07. The fourth-order valence-electron chi connectivity index (χ4n) is 5.09. The lowest BCUT2D eigenvalue weighted by Gasteiger charge is -2.30. The molecule has 0 saturated heterocycles. The Kier molecular flexibility index (Phi) is 5.57. The van der Waals surface area contributed by atoms with Crippen molar-refractivity contribution in [1.29, 1.82) is 0 Å². The van der Waals surface area contributed by atoms with Gasteiger partial charge in [-0.2, -0.15) is 0 Å². The van der Waals surface area contributed by atoms with E-state index in [2.05, 4.69) is 12.1 Å². The Bertz CT molecular complexity index is 1720. The van der Waals surface area contributed by atoms with Crippen LogP contribution in [0.2, 0.25) is 0 Å². The monoisotopic (exact) mass is 498 g/mol. The summed E-state index contributed by atoms with van der Waals surface area (Å²) in [4.78, 5) is 19.4. The van der Waals surface area contributed by atoms with Crippen molar-refractivity contribution in [3.63, 3.8) is 0 Å². The van der Waals surface area contributed by atoms with Gasteiger partial charge >= 0.3 is 0 Å². The zero-order chi connectivity index (χ0) is 24.8. The van der Waals surface area contributed by atoms with Gasteiger partial charge in [0.2, 0.25) is 0 Å². The van der Waals surface area contributed by atoms with Crippen LogP contribution in [0.1, 0.15) is 34.7 Å². The Morgan fingerprint density at radius 2 is 1.83 bits per heavy atom. The number of thiazole rings is 1. The van der Waals surface area contributed by atoms with Gasteiger partial charge in [-0.15, -0.1) is 0 Å². The maximum atomic E-state index is 14.3. The van der Waals surface area contributed by atoms with Gasteiger partial charge in [-0.3, -0.25) is 9.36 Å². The van der Waals surface area contributed by atoms with E-state index >= 15 is 0 Å². The lowest BCUT2D eigenvalue weighted by atomic mass is 9.83. The molecular weight excluding hydrogens is 475 g/mol. The molecule has 7 heteroatoms. The second-order valence-corrected chi connectivity index (χ2v) is 9.79. The van der Waals surface area contributed by atoms with Crippen molar-refractivity contribution in [3.8, 4) is 11.5 Å². The van der Waals surface area contributed by atoms with Crippen LogP contribution in [-0.2, 0) is 6.42 Å². The van der Waals surface area contributed by atoms with Crippen LogP contribution in [0.15, 0.2) is 82.1 Å². The molecule has 0 bridgehead atoms. The summed E-state index contributed by atoms with van der Waals surface area (Å²) in [6.45, 7) is 0. The number of halogens is 1. The average Bonchev–Trinajstić information content (AvgIpc) is 3.21. The molecule has 1 atom stereocenters. The summed E-state index contributed by atoms with van der Waals surface area (Å²) >= 11 is 1.34. The first-order valence-electron chi connectivity index (χ1n) is 11.7. The number of aryl methyl sites for hydroxylation is 1. The number of fused-ring (bicyclic) bond motifs is 3. The number of benzene rings is 3. The topological polar surface area (TPSA) is 52.8 Å². The molecule has 2 heterocycles. The molecule has 6 rings (SSSR count). The van der Waals surface area contributed by atoms with E-state index in [1.54, 1.807) is 24.9 Å². The fourth-order valence-corrected chi connectivity index (χ4v) is 6.09. The van der Waals surface area contributed by atoms with E-state index in [0.717, 1.165) is 40.8 Å². The van der Waals surface area contributed by atoms with Crippen molar-refractivity contribution in [3.05, 3.63) is 120 Å². The fraction of sp³-hybridized carbons (Fsp3) is 0.172. The first kappa shape index (κ1) is 22.5. The van der Waals surface area contributed by atoms with E-state index in [0.29, 0.717) is 20.8 Å². The third-order valence-corrected chi connectivity index (χ3v) is 7.73. The molecule has 1 aliphatic carbocycles. The van der Waals surface area contributed by atoms with E-state index in [1.807, 2.05) is 42.5 Å². The molecule has 5 nitrogen and oxygen atoms in total. The average molecular weight is 499 g/mol. The molecule has 4 aromatic rings. The molecule has 1 aromatic heterocycles. The van der Waals surface area contributed by atoms with Crippen molar-refractivity contribution in [2.24, 2.45) is 4.99 Å². The minimum Gasteiger partial charge on any atom is -0.493 e. The number of ether oxygens (including phenoxy) is 2. The molecule has 180 valence electrons. The zero-order valence-corrected chi connectivity index (χ0v) is 20.6. The largest absolute Gasteiger partial charge is 0.493 e. The Morgan fingerprint density at radius 3 is 2.64 bits per heavy atom. The van der Waals surface area contributed by atoms with Gasteiger partial charge in [-0.05, 0) is 65.4 Å². The maximum Gasteiger partial charge on any atom is 0.271 e. The Hall–Kier alpha value is -3.97. The third kappa shape index (κ3) is 3.67. The highest BCUT2D eigenvalue weighted by Gasteiger charge is 2.32. The number of allylic oxidation sites excluding steroid dienone is 1. The van der Waals surface area contributed by atoms with Gasteiger partial charge in [0.15, 0.2) is 16.3 Å². The van der Waals surface area contributed by atoms with Crippen LogP contribution in [0.4, 0.5) is 4.39 Å². The van der Waals surface area contributed by atoms with E-state index in [9.17, 15) is 9.18 Å². The minimum atomic E-state index is -0.409. The van der Waals surface area contributed by atoms with Gasteiger partial charge in [-0.25, -0.2) is 9.38 Å². The highest BCUT2D eigenvalue weighted by atomic mass is 32.1. The normalized spacial score (nSPS) is 16.6. The van der Waals surface area contributed by atoms with E-state index in [4.69, 9.17) is 14.5 Å². The minimum absolute atomic E-state index is 0.145. The third-order valence-electron chi connectivity index (χ3n) is 6.74. The molecule has 0 unspecified atom stereocenters. The van der Waals surface area contributed by atoms with Gasteiger partial charge in [0.05, 0.1) is 30.5 Å². The maximum absolute atomic E-state index is 14.3. The van der Waals surface area contributed by atoms with Crippen molar-refractivity contribution in [2.75, 3.05) is 14.2 Å². The van der Waals surface area contributed by atoms with E-state index in [-0.39, 0.29) is 11.4 Å². The zero-order valence-electron chi connectivity index (χ0n) is 19.8. The van der Waals surface area contributed by atoms with Crippen LogP contribution < -0.4 is 24.4 Å². The number of hydrogen-bond acceptors (Lipinski definition) is 5. The molecular formula is C29H23FN2O3S. The highest BCUT2D eigenvalue weighted by Crippen LogP contribution is 2.41. The summed E-state index contributed by atoms with van der Waals surface area (Å²) in [6.07, 6.45) is 3.45. The van der Waals surface area contributed by atoms with Gasteiger partial charge in [0.25, 0.3) is 5.56 Å². The lowest BCUT2D eigenvalue weighted by molar-refractivity contribution is 0.355. The second-order valence-electron chi connectivity index (χ2n) is 8.78. The van der Waals surface area contributed by atoms with Crippen molar-refractivity contribution < 1.29 is 13.9 Å². The second kappa shape index (κ2) is 8.91. The quantitative estimate of drug-likeness (QED) is 0.417. The van der Waals surface area contributed by atoms with Gasteiger partial charge < -0.3 is 9.47 Å². The molecule has 0 spiro atoms. The van der Waals surface area contributed by atoms with Gasteiger partial charge in [0.1, 0.15) is 5.82 Å². The van der Waals surface area contributed by atoms with E-state index < -0.39 is 6.04 Å². The predicted octanol–water partition coefficient (Wildman–Crippen LogP) is 4.48. The molecule has 0 radical (unpaired) electrons.